The van der Waals surface area contributed by atoms with E-state index in [-0.39, 0.29) is 23.0 Å². The molecule has 4 nitrogen and oxygen atoms in total. The molecule has 40 heavy (non-hydrogen) atoms. The molecule has 6 heteroatoms. The average Bonchev–Trinajstić information content (AvgIpc) is 2.87. The molecule has 0 saturated carbocycles. The highest BCUT2D eigenvalue weighted by Gasteiger charge is 2.50. The lowest BCUT2D eigenvalue weighted by Gasteiger charge is -2.38. The van der Waals surface area contributed by atoms with Crippen LogP contribution >= 0.6 is 0 Å². The maximum atomic E-state index is 13.4. The zero-order chi connectivity index (χ0) is 30.3. The Bertz CT molecular complexity index is 570. The Balaban J connectivity index is 4.55. The minimum Gasteiger partial charge on any atom is -0.466 e. The van der Waals surface area contributed by atoms with Gasteiger partial charge in [-0.1, -0.05) is 169 Å². The third-order valence-electron chi connectivity index (χ3n) is 8.19. The van der Waals surface area contributed by atoms with Crippen LogP contribution in [-0.4, -0.2) is 41.3 Å². The van der Waals surface area contributed by atoms with Gasteiger partial charge in [0, 0.05) is 0 Å². The molecule has 0 aromatic carbocycles. The summed E-state index contributed by atoms with van der Waals surface area (Å²) in [6.07, 6.45) is 25.2. The Morgan fingerprint density at radius 2 is 0.650 bits per heavy atom. The van der Waals surface area contributed by atoms with Crippen LogP contribution in [0.4, 0.5) is 0 Å². The van der Waals surface area contributed by atoms with Crippen molar-refractivity contribution >= 4 is 28.1 Å². The highest BCUT2D eigenvalue weighted by atomic mass is 28.3. The van der Waals surface area contributed by atoms with Gasteiger partial charge in [0.15, 0.2) is 0 Å². The number of esters is 2. The van der Waals surface area contributed by atoms with Gasteiger partial charge in [0.2, 0.25) is 0 Å². The van der Waals surface area contributed by atoms with Crippen LogP contribution in [0.15, 0.2) is 0 Å². The van der Waals surface area contributed by atoms with Gasteiger partial charge in [-0.3, -0.25) is 9.59 Å². The van der Waals surface area contributed by atoms with E-state index < -0.39 is 16.1 Å². The predicted molar refractivity (Wildman–Crippen MR) is 180 cm³/mol. The maximum absolute atomic E-state index is 13.4. The molecule has 0 aliphatic rings. The van der Waals surface area contributed by atoms with Crippen molar-refractivity contribution in [2.45, 2.75) is 193 Å². The summed E-state index contributed by atoms with van der Waals surface area (Å²) in [6, 6.07) is 0. The van der Waals surface area contributed by atoms with Crippen molar-refractivity contribution in [3.63, 3.8) is 0 Å². The Morgan fingerprint density at radius 1 is 0.425 bits per heavy atom. The van der Waals surface area contributed by atoms with E-state index in [1.807, 2.05) is 0 Å². The number of hydrogen-bond acceptors (Lipinski definition) is 4. The summed E-state index contributed by atoms with van der Waals surface area (Å²) in [6.45, 7) is 18.6. The zero-order valence-electron chi connectivity index (χ0n) is 28.3. The summed E-state index contributed by atoms with van der Waals surface area (Å²) in [4.78, 5) is 26.9. The van der Waals surface area contributed by atoms with Crippen molar-refractivity contribution in [3.05, 3.63) is 0 Å². The van der Waals surface area contributed by atoms with E-state index in [2.05, 4.69) is 53.1 Å². The highest BCUT2D eigenvalue weighted by molar-refractivity contribution is 6.87. The molecule has 0 rings (SSSR count). The summed E-state index contributed by atoms with van der Waals surface area (Å²) < 4.78 is 11.7. The first-order valence-corrected chi connectivity index (χ1v) is 24.5. The van der Waals surface area contributed by atoms with Crippen LogP contribution in [0, 0.1) is 0 Å². The standard InChI is InChI=1S/C34H70O4Si2/c1-9-11-13-15-17-19-21-23-25-27-29-37-33(35)31(39(3,4)5)32(40(6,7)8)34(36)38-30-28-26-24-22-20-18-16-14-12-10-2/h31-32H,9-30H2,1-8H3/t31-,32+. The Kier molecular flexibility index (Phi) is 23.5. The second-order valence-corrected chi connectivity index (χ2v) is 25.1. The van der Waals surface area contributed by atoms with E-state index in [9.17, 15) is 9.59 Å². The largest absolute Gasteiger partial charge is 0.466 e. The van der Waals surface area contributed by atoms with Crippen molar-refractivity contribution in [2.24, 2.45) is 0 Å². The molecule has 238 valence electrons. The van der Waals surface area contributed by atoms with Crippen LogP contribution in [0.2, 0.25) is 50.4 Å². The van der Waals surface area contributed by atoms with Crippen molar-refractivity contribution in [2.75, 3.05) is 13.2 Å². The van der Waals surface area contributed by atoms with E-state index in [1.54, 1.807) is 0 Å². The number of unbranched alkanes of at least 4 members (excludes halogenated alkanes) is 18. The normalized spacial score (nSPS) is 13.7. The SMILES string of the molecule is CCCCCCCCCCCCOC(=O)[C@H]([C@H](C(=O)OCCCCCCCCCCCC)[Si](C)(C)C)[Si](C)(C)C. The molecule has 0 aromatic heterocycles. The van der Waals surface area contributed by atoms with Crippen molar-refractivity contribution < 1.29 is 19.1 Å². The van der Waals surface area contributed by atoms with Gasteiger partial charge in [-0.15, -0.1) is 0 Å². The maximum Gasteiger partial charge on any atom is 0.306 e. The molecule has 0 unspecified atom stereocenters. The first kappa shape index (κ1) is 39.4. The third kappa shape index (κ3) is 20.3. The fraction of sp³-hybridized carbons (Fsp3) is 0.941. The molecule has 0 aliphatic heterocycles. The van der Waals surface area contributed by atoms with Crippen LogP contribution in [0.5, 0.6) is 0 Å². The number of hydrogen-bond donors (Lipinski definition) is 0. The van der Waals surface area contributed by atoms with E-state index >= 15 is 0 Å². The molecule has 0 aliphatic carbocycles. The van der Waals surface area contributed by atoms with E-state index in [1.165, 1.54) is 103 Å². The van der Waals surface area contributed by atoms with Crippen molar-refractivity contribution in [1.29, 1.82) is 0 Å². The number of ether oxygens (including phenoxy) is 2. The van der Waals surface area contributed by atoms with E-state index in [0.29, 0.717) is 13.2 Å². The Hall–Kier alpha value is -0.626. The van der Waals surface area contributed by atoms with E-state index in [0.717, 1.165) is 25.7 Å². The molecule has 0 bridgehead atoms. The Labute approximate surface area is 252 Å². The van der Waals surface area contributed by atoms with Gasteiger partial charge in [0.25, 0.3) is 0 Å². The number of carbonyl (C=O) groups is 2. The second kappa shape index (κ2) is 23.9. The molecule has 0 N–H and O–H groups in total. The molecule has 0 aromatic rings. The number of rotatable bonds is 27. The minimum atomic E-state index is -2.01. The highest BCUT2D eigenvalue weighted by Crippen LogP contribution is 2.43. The first-order valence-electron chi connectivity index (χ1n) is 17.3. The fourth-order valence-electron chi connectivity index (χ4n) is 5.68. The molecular weight excluding hydrogens is 529 g/mol. The lowest BCUT2D eigenvalue weighted by molar-refractivity contribution is -0.150. The van der Waals surface area contributed by atoms with Crippen molar-refractivity contribution in [1.82, 2.24) is 0 Å². The smallest absolute Gasteiger partial charge is 0.306 e. The van der Waals surface area contributed by atoms with Gasteiger partial charge in [-0.25, -0.2) is 0 Å². The quantitative estimate of drug-likeness (QED) is 0.0536. The minimum absolute atomic E-state index is 0.154. The lowest BCUT2D eigenvalue weighted by Crippen LogP contribution is -2.48. The van der Waals surface area contributed by atoms with Gasteiger partial charge in [-0.05, 0) is 12.8 Å². The summed E-state index contributed by atoms with van der Waals surface area (Å²) in [5.74, 6) is -0.309. The monoisotopic (exact) mass is 598 g/mol. The van der Waals surface area contributed by atoms with Crippen LogP contribution < -0.4 is 0 Å². The third-order valence-corrected chi connectivity index (χ3v) is 13.4. The number of carbonyl (C=O) groups excluding carboxylic acids is 2. The second-order valence-electron chi connectivity index (χ2n) is 14.4. The molecule has 0 spiro atoms. The molecule has 0 radical (unpaired) electrons. The van der Waals surface area contributed by atoms with Crippen LogP contribution in [0.1, 0.15) is 142 Å². The fourth-order valence-corrected chi connectivity index (χ4v) is 12.5. The van der Waals surface area contributed by atoms with Gasteiger partial charge in [0.1, 0.15) is 0 Å². The summed E-state index contributed by atoms with van der Waals surface area (Å²) >= 11 is 0. The Morgan fingerprint density at radius 3 is 0.875 bits per heavy atom. The molecule has 0 amide bonds. The summed E-state index contributed by atoms with van der Waals surface area (Å²) in [5.41, 5.74) is -0.662. The summed E-state index contributed by atoms with van der Waals surface area (Å²) in [5, 5.41) is 0. The van der Waals surface area contributed by atoms with E-state index in [4.69, 9.17) is 9.47 Å². The van der Waals surface area contributed by atoms with Gasteiger partial charge < -0.3 is 9.47 Å². The molecule has 0 saturated heterocycles. The molecule has 2 atom stereocenters. The molecule has 0 fully saturated rings. The van der Waals surface area contributed by atoms with Gasteiger partial charge in [0.05, 0.1) is 40.4 Å². The summed E-state index contributed by atoms with van der Waals surface area (Å²) in [7, 11) is -4.02. The zero-order valence-corrected chi connectivity index (χ0v) is 30.3. The van der Waals surface area contributed by atoms with Crippen LogP contribution in [0.3, 0.4) is 0 Å². The lowest BCUT2D eigenvalue weighted by atomic mass is 10.1. The topological polar surface area (TPSA) is 52.6 Å². The molecule has 0 heterocycles. The van der Waals surface area contributed by atoms with Crippen LogP contribution in [0.25, 0.3) is 0 Å². The predicted octanol–water partition coefficient (Wildman–Crippen LogP) is 11.3. The van der Waals surface area contributed by atoms with Gasteiger partial charge >= 0.3 is 11.9 Å². The van der Waals surface area contributed by atoms with Crippen LogP contribution in [-0.2, 0) is 19.1 Å². The first-order chi connectivity index (χ1) is 19.0. The van der Waals surface area contributed by atoms with Gasteiger partial charge in [-0.2, -0.15) is 0 Å². The molecular formula is C34H70O4Si2. The van der Waals surface area contributed by atoms with Crippen molar-refractivity contribution in [3.8, 4) is 0 Å². The average molecular weight is 599 g/mol.